The number of morpholine rings is 1. The number of nitrogens with two attached hydrogens (primary N) is 1. The number of benzene rings is 1. The molecule has 0 spiro atoms. The van der Waals surface area contributed by atoms with Crippen molar-refractivity contribution in [2.24, 2.45) is 5.73 Å². The van der Waals surface area contributed by atoms with Gasteiger partial charge in [0.05, 0.1) is 11.2 Å². The van der Waals surface area contributed by atoms with E-state index in [1.165, 1.54) is 11.3 Å². The summed E-state index contributed by atoms with van der Waals surface area (Å²) in [4.78, 5) is 2.40. The lowest BCUT2D eigenvalue weighted by molar-refractivity contribution is -0.133. The van der Waals surface area contributed by atoms with Crippen molar-refractivity contribution in [1.29, 1.82) is 0 Å². The van der Waals surface area contributed by atoms with Gasteiger partial charge in [0.25, 0.3) is 0 Å². The standard InChI is InChI=1S/C16H26N2O/c1-12(17)13-8-6-7-9-14(13)18-10-15(2,3)19-16(4,5)11-18/h6-9,12H,10-11,17H2,1-5H3/t12-/m1/s1. The molecule has 19 heavy (non-hydrogen) atoms. The molecule has 3 heteroatoms. The van der Waals surface area contributed by atoms with Gasteiger partial charge in [0.1, 0.15) is 0 Å². The van der Waals surface area contributed by atoms with E-state index in [1.807, 2.05) is 6.92 Å². The van der Waals surface area contributed by atoms with Crippen LogP contribution in [0.25, 0.3) is 0 Å². The van der Waals surface area contributed by atoms with Crippen LogP contribution in [-0.4, -0.2) is 24.3 Å². The summed E-state index contributed by atoms with van der Waals surface area (Å²) >= 11 is 0. The van der Waals surface area contributed by atoms with Crippen LogP contribution in [0.1, 0.15) is 46.2 Å². The molecule has 0 amide bonds. The molecule has 0 radical (unpaired) electrons. The molecule has 2 rings (SSSR count). The maximum atomic E-state index is 6.14. The summed E-state index contributed by atoms with van der Waals surface area (Å²) in [6.07, 6.45) is 0. The van der Waals surface area contributed by atoms with Gasteiger partial charge in [-0.1, -0.05) is 18.2 Å². The Bertz CT molecular complexity index is 436. The highest BCUT2D eigenvalue weighted by atomic mass is 16.5. The van der Waals surface area contributed by atoms with Crippen LogP contribution in [0.15, 0.2) is 24.3 Å². The number of rotatable bonds is 2. The molecule has 1 aromatic rings. The van der Waals surface area contributed by atoms with Crippen molar-refractivity contribution in [3.8, 4) is 0 Å². The third kappa shape index (κ3) is 3.28. The number of para-hydroxylation sites is 1. The highest BCUT2D eigenvalue weighted by Crippen LogP contribution is 2.34. The lowest BCUT2D eigenvalue weighted by atomic mass is 9.96. The lowest BCUT2D eigenvalue weighted by Crippen LogP contribution is -2.57. The van der Waals surface area contributed by atoms with Crippen molar-refractivity contribution >= 4 is 5.69 Å². The zero-order chi connectivity index (χ0) is 14.3. The highest BCUT2D eigenvalue weighted by molar-refractivity contribution is 5.55. The number of hydrogen-bond donors (Lipinski definition) is 1. The third-order valence-electron chi connectivity index (χ3n) is 3.46. The van der Waals surface area contributed by atoms with Gasteiger partial charge in [-0.25, -0.2) is 0 Å². The second-order valence-electron chi connectivity index (χ2n) is 6.83. The van der Waals surface area contributed by atoms with Crippen LogP contribution in [0.5, 0.6) is 0 Å². The Hall–Kier alpha value is -1.06. The second kappa shape index (κ2) is 4.80. The molecular formula is C16H26N2O. The zero-order valence-corrected chi connectivity index (χ0v) is 12.7. The van der Waals surface area contributed by atoms with Crippen molar-refractivity contribution < 1.29 is 4.74 Å². The Balaban J connectivity index is 2.36. The van der Waals surface area contributed by atoms with Gasteiger partial charge in [-0.05, 0) is 46.2 Å². The van der Waals surface area contributed by atoms with Gasteiger partial charge in [-0.15, -0.1) is 0 Å². The molecule has 1 heterocycles. The number of ether oxygens (including phenoxy) is 1. The van der Waals surface area contributed by atoms with Crippen molar-refractivity contribution in [1.82, 2.24) is 0 Å². The number of anilines is 1. The minimum atomic E-state index is -0.146. The zero-order valence-electron chi connectivity index (χ0n) is 12.7. The first-order valence-electron chi connectivity index (χ1n) is 7.00. The van der Waals surface area contributed by atoms with E-state index in [2.05, 4.69) is 56.9 Å². The lowest BCUT2D eigenvalue weighted by Gasteiger charge is -2.48. The van der Waals surface area contributed by atoms with E-state index in [9.17, 15) is 0 Å². The SMILES string of the molecule is C[C@@H](N)c1ccccc1N1CC(C)(C)OC(C)(C)C1. The van der Waals surface area contributed by atoms with Crippen LogP contribution in [0.4, 0.5) is 5.69 Å². The van der Waals surface area contributed by atoms with E-state index in [0.717, 1.165) is 13.1 Å². The summed E-state index contributed by atoms with van der Waals surface area (Å²) in [7, 11) is 0. The molecule has 106 valence electrons. The first-order valence-corrected chi connectivity index (χ1v) is 7.00. The average molecular weight is 262 g/mol. The smallest absolute Gasteiger partial charge is 0.0808 e. The second-order valence-corrected chi connectivity index (χ2v) is 6.83. The Morgan fingerprint density at radius 3 is 2.16 bits per heavy atom. The fraction of sp³-hybridized carbons (Fsp3) is 0.625. The maximum absolute atomic E-state index is 6.14. The largest absolute Gasteiger partial charge is 0.366 e. The third-order valence-corrected chi connectivity index (χ3v) is 3.46. The summed E-state index contributed by atoms with van der Waals surface area (Å²) < 4.78 is 6.14. The molecule has 1 atom stereocenters. The van der Waals surface area contributed by atoms with Crippen molar-refractivity contribution in [3.63, 3.8) is 0 Å². The van der Waals surface area contributed by atoms with E-state index < -0.39 is 0 Å². The van der Waals surface area contributed by atoms with Crippen LogP contribution >= 0.6 is 0 Å². The van der Waals surface area contributed by atoms with Gasteiger partial charge in [-0.3, -0.25) is 0 Å². The van der Waals surface area contributed by atoms with Crippen LogP contribution in [0.2, 0.25) is 0 Å². The van der Waals surface area contributed by atoms with Gasteiger partial charge >= 0.3 is 0 Å². The Labute approximate surface area is 116 Å². The quantitative estimate of drug-likeness (QED) is 0.890. The van der Waals surface area contributed by atoms with Crippen molar-refractivity contribution in [3.05, 3.63) is 29.8 Å². The fourth-order valence-corrected chi connectivity index (χ4v) is 3.12. The monoisotopic (exact) mass is 262 g/mol. The Morgan fingerprint density at radius 2 is 1.63 bits per heavy atom. The molecule has 1 aliphatic rings. The van der Waals surface area contributed by atoms with Gasteiger partial charge in [-0.2, -0.15) is 0 Å². The van der Waals surface area contributed by atoms with Crippen LogP contribution in [0.3, 0.4) is 0 Å². The van der Waals surface area contributed by atoms with Crippen LogP contribution in [0, 0.1) is 0 Å². The molecule has 0 saturated carbocycles. The minimum Gasteiger partial charge on any atom is -0.366 e. The molecule has 0 bridgehead atoms. The predicted molar refractivity (Wildman–Crippen MR) is 80.5 cm³/mol. The van der Waals surface area contributed by atoms with E-state index in [4.69, 9.17) is 10.5 Å². The molecular weight excluding hydrogens is 236 g/mol. The summed E-state index contributed by atoms with van der Waals surface area (Å²) in [6, 6.07) is 8.46. The van der Waals surface area contributed by atoms with E-state index in [-0.39, 0.29) is 17.2 Å². The molecule has 2 N–H and O–H groups in total. The number of nitrogens with zero attached hydrogens (tertiary/aromatic N) is 1. The summed E-state index contributed by atoms with van der Waals surface area (Å²) in [5.74, 6) is 0. The summed E-state index contributed by atoms with van der Waals surface area (Å²) in [6.45, 7) is 12.4. The van der Waals surface area contributed by atoms with Crippen molar-refractivity contribution in [2.75, 3.05) is 18.0 Å². The number of hydrogen-bond acceptors (Lipinski definition) is 3. The normalized spacial score (nSPS) is 23.2. The average Bonchev–Trinajstić information content (AvgIpc) is 2.24. The molecule has 1 aliphatic heterocycles. The molecule has 0 aromatic heterocycles. The van der Waals surface area contributed by atoms with Gasteiger partial charge < -0.3 is 15.4 Å². The minimum absolute atomic E-state index is 0.0465. The summed E-state index contributed by atoms with van der Waals surface area (Å²) in [5.41, 5.74) is 8.25. The maximum Gasteiger partial charge on any atom is 0.0808 e. The molecule has 0 unspecified atom stereocenters. The highest BCUT2D eigenvalue weighted by Gasteiger charge is 2.38. The van der Waals surface area contributed by atoms with Gasteiger partial charge in [0.15, 0.2) is 0 Å². The molecule has 0 aliphatic carbocycles. The molecule has 1 fully saturated rings. The predicted octanol–water partition coefficient (Wildman–Crippen LogP) is 3.10. The molecule has 1 aromatic carbocycles. The van der Waals surface area contributed by atoms with Gasteiger partial charge in [0, 0.05) is 24.8 Å². The van der Waals surface area contributed by atoms with E-state index in [1.54, 1.807) is 0 Å². The Morgan fingerprint density at radius 1 is 1.11 bits per heavy atom. The van der Waals surface area contributed by atoms with E-state index in [0.29, 0.717) is 0 Å². The van der Waals surface area contributed by atoms with Crippen LogP contribution in [-0.2, 0) is 4.74 Å². The van der Waals surface area contributed by atoms with Gasteiger partial charge in [0.2, 0.25) is 0 Å². The first kappa shape index (κ1) is 14.4. The fourth-order valence-electron chi connectivity index (χ4n) is 3.12. The summed E-state index contributed by atoms with van der Waals surface area (Å²) in [5, 5.41) is 0. The van der Waals surface area contributed by atoms with E-state index >= 15 is 0 Å². The van der Waals surface area contributed by atoms with Crippen molar-refractivity contribution in [2.45, 2.75) is 51.9 Å². The van der Waals surface area contributed by atoms with Crippen LogP contribution < -0.4 is 10.6 Å². The molecule has 1 saturated heterocycles. The first-order chi connectivity index (χ1) is 8.70. The Kier molecular flexibility index (Phi) is 3.63. The molecule has 3 nitrogen and oxygen atoms in total. The topological polar surface area (TPSA) is 38.5 Å².